The standard InChI is InChI=1S/C21H20F2N2O5/c1-12(29-18(27)13-8-4-7-11-16(13)30-20(22)23)17(26)25-15-10-6-5-9-14(15)24-19(28)21(25,2)3/h4-12,20H,1-3H3,(H,24,28)/t12-/m0/s1. The van der Waals surface area contributed by atoms with Gasteiger partial charge in [-0.15, -0.1) is 0 Å². The summed E-state index contributed by atoms with van der Waals surface area (Å²) in [5, 5.41) is 2.74. The lowest BCUT2D eigenvalue weighted by molar-refractivity contribution is -0.131. The average molecular weight is 418 g/mol. The zero-order valence-corrected chi connectivity index (χ0v) is 16.5. The number of alkyl halides is 2. The second kappa shape index (κ2) is 8.10. The molecule has 1 N–H and O–H groups in total. The van der Waals surface area contributed by atoms with E-state index in [0.717, 1.165) is 0 Å². The molecule has 0 saturated heterocycles. The Kier molecular flexibility index (Phi) is 5.73. The third-order valence-corrected chi connectivity index (χ3v) is 4.68. The number of halogens is 2. The van der Waals surface area contributed by atoms with E-state index in [1.807, 2.05) is 0 Å². The van der Waals surface area contributed by atoms with Crippen LogP contribution in [0.2, 0.25) is 0 Å². The number of ether oxygens (including phenoxy) is 2. The third-order valence-electron chi connectivity index (χ3n) is 4.68. The molecule has 1 aliphatic heterocycles. The SMILES string of the molecule is C[C@H](OC(=O)c1ccccc1OC(F)F)C(=O)N1c2ccccc2NC(=O)C1(C)C. The Bertz CT molecular complexity index is 993. The number of esters is 1. The van der Waals surface area contributed by atoms with Gasteiger partial charge in [0.2, 0.25) is 5.91 Å². The summed E-state index contributed by atoms with van der Waals surface area (Å²) >= 11 is 0. The lowest BCUT2D eigenvalue weighted by Crippen LogP contribution is -2.60. The molecule has 7 nitrogen and oxygen atoms in total. The lowest BCUT2D eigenvalue weighted by Gasteiger charge is -2.42. The molecule has 3 rings (SSSR count). The van der Waals surface area contributed by atoms with Crippen molar-refractivity contribution in [2.24, 2.45) is 0 Å². The Morgan fingerprint density at radius 3 is 2.40 bits per heavy atom. The number of hydrogen-bond donors (Lipinski definition) is 1. The zero-order chi connectivity index (χ0) is 22.1. The van der Waals surface area contributed by atoms with Gasteiger partial charge in [-0.25, -0.2) is 4.79 Å². The highest BCUT2D eigenvalue weighted by Gasteiger charge is 2.45. The fourth-order valence-electron chi connectivity index (χ4n) is 3.14. The van der Waals surface area contributed by atoms with E-state index < -0.39 is 36.0 Å². The van der Waals surface area contributed by atoms with E-state index in [0.29, 0.717) is 11.4 Å². The molecule has 0 radical (unpaired) electrons. The molecule has 2 amide bonds. The van der Waals surface area contributed by atoms with Crippen molar-refractivity contribution in [1.29, 1.82) is 0 Å². The smallest absolute Gasteiger partial charge is 0.387 e. The molecule has 1 atom stereocenters. The van der Waals surface area contributed by atoms with Crippen LogP contribution in [-0.2, 0) is 14.3 Å². The number of hydrogen-bond acceptors (Lipinski definition) is 5. The fourth-order valence-corrected chi connectivity index (χ4v) is 3.14. The van der Waals surface area contributed by atoms with Crippen LogP contribution in [0.1, 0.15) is 31.1 Å². The van der Waals surface area contributed by atoms with Crippen molar-refractivity contribution in [2.75, 3.05) is 10.2 Å². The number of fused-ring (bicyclic) bond motifs is 1. The second-order valence-corrected chi connectivity index (χ2v) is 7.13. The van der Waals surface area contributed by atoms with Crippen LogP contribution in [-0.4, -0.2) is 36.0 Å². The summed E-state index contributed by atoms with van der Waals surface area (Å²) in [5.74, 6) is -2.40. The maximum absolute atomic E-state index is 13.2. The van der Waals surface area contributed by atoms with Crippen molar-refractivity contribution in [3.8, 4) is 5.75 Å². The molecule has 30 heavy (non-hydrogen) atoms. The lowest BCUT2D eigenvalue weighted by atomic mass is 9.95. The summed E-state index contributed by atoms with van der Waals surface area (Å²) in [7, 11) is 0. The van der Waals surface area contributed by atoms with Crippen LogP contribution in [0.5, 0.6) is 5.75 Å². The van der Waals surface area contributed by atoms with Crippen molar-refractivity contribution < 1.29 is 32.6 Å². The number of nitrogens with one attached hydrogen (secondary N) is 1. The molecule has 0 spiro atoms. The molecule has 1 aliphatic rings. The minimum absolute atomic E-state index is 0.242. The van der Waals surface area contributed by atoms with E-state index in [-0.39, 0.29) is 11.3 Å². The van der Waals surface area contributed by atoms with Crippen LogP contribution in [0.4, 0.5) is 20.2 Å². The first-order valence-corrected chi connectivity index (χ1v) is 9.12. The van der Waals surface area contributed by atoms with Crippen molar-refractivity contribution in [2.45, 2.75) is 39.0 Å². The monoisotopic (exact) mass is 418 g/mol. The molecule has 158 valence electrons. The molecule has 0 aliphatic carbocycles. The number of amides is 2. The largest absolute Gasteiger partial charge is 0.449 e. The normalized spacial score (nSPS) is 15.8. The molecule has 2 aromatic rings. The molecule has 1 heterocycles. The van der Waals surface area contributed by atoms with Gasteiger partial charge >= 0.3 is 12.6 Å². The maximum atomic E-state index is 13.2. The van der Waals surface area contributed by atoms with Gasteiger partial charge in [0.1, 0.15) is 16.9 Å². The van der Waals surface area contributed by atoms with Crippen LogP contribution < -0.4 is 15.0 Å². The van der Waals surface area contributed by atoms with Crippen LogP contribution in [0.15, 0.2) is 48.5 Å². The average Bonchev–Trinajstić information content (AvgIpc) is 2.68. The van der Waals surface area contributed by atoms with Crippen LogP contribution >= 0.6 is 0 Å². The molecule has 0 bridgehead atoms. The third kappa shape index (κ3) is 3.96. The topological polar surface area (TPSA) is 84.9 Å². The number of anilines is 2. The first kappa shape index (κ1) is 21.2. The second-order valence-electron chi connectivity index (χ2n) is 7.13. The molecular weight excluding hydrogens is 398 g/mol. The van der Waals surface area contributed by atoms with Gasteiger partial charge in [0.15, 0.2) is 6.10 Å². The van der Waals surface area contributed by atoms with E-state index in [1.54, 1.807) is 38.1 Å². The van der Waals surface area contributed by atoms with Gasteiger partial charge in [-0.3, -0.25) is 14.5 Å². The summed E-state index contributed by atoms with van der Waals surface area (Å²) < 4.78 is 34.7. The van der Waals surface area contributed by atoms with Crippen molar-refractivity contribution in [3.05, 3.63) is 54.1 Å². The van der Waals surface area contributed by atoms with Gasteiger partial charge < -0.3 is 14.8 Å². The highest BCUT2D eigenvalue weighted by Crippen LogP contribution is 2.37. The van der Waals surface area contributed by atoms with Gasteiger partial charge in [-0.1, -0.05) is 24.3 Å². The molecule has 0 unspecified atom stereocenters. The van der Waals surface area contributed by atoms with Crippen molar-refractivity contribution in [1.82, 2.24) is 0 Å². The van der Waals surface area contributed by atoms with Crippen LogP contribution in [0.25, 0.3) is 0 Å². The number of rotatable bonds is 5. The number of carbonyl (C=O) groups excluding carboxylic acids is 3. The van der Waals surface area contributed by atoms with E-state index in [4.69, 9.17) is 4.74 Å². The minimum Gasteiger partial charge on any atom is -0.449 e. The zero-order valence-electron chi connectivity index (χ0n) is 16.5. The van der Waals surface area contributed by atoms with Gasteiger partial charge in [0.05, 0.1) is 11.4 Å². The highest BCUT2D eigenvalue weighted by atomic mass is 19.3. The van der Waals surface area contributed by atoms with Crippen LogP contribution in [0.3, 0.4) is 0 Å². The quantitative estimate of drug-likeness (QED) is 0.750. The maximum Gasteiger partial charge on any atom is 0.387 e. The number of benzene rings is 2. The van der Waals surface area contributed by atoms with Gasteiger partial charge in [-0.05, 0) is 45.0 Å². The molecule has 0 aromatic heterocycles. The Morgan fingerprint density at radius 1 is 1.07 bits per heavy atom. The molecule has 0 saturated carbocycles. The Balaban J connectivity index is 1.86. The number of nitrogens with zero attached hydrogens (tertiary/aromatic N) is 1. The van der Waals surface area contributed by atoms with E-state index in [1.165, 1.54) is 36.1 Å². The number of carbonyl (C=O) groups is 3. The summed E-state index contributed by atoms with van der Waals surface area (Å²) in [6, 6.07) is 12.1. The first-order chi connectivity index (χ1) is 14.1. The highest BCUT2D eigenvalue weighted by molar-refractivity contribution is 6.15. The van der Waals surface area contributed by atoms with Gasteiger partial charge in [0.25, 0.3) is 5.91 Å². The molecule has 9 heteroatoms. The summed E-state index contributed by atoms with van der Waals surface area (Å²) in [6.45, 7) is 1.36. The summed E-state index contributed by atoms with van der Waals surface area (Å²) in [5.41, 5.74) is -0.586. The summed E-state index contributed by atoms with van der Waals surface area (Å²) in [4.78, 5) is 39.5. The predicted molar refractivity (Wildman–Crippen MR) is 105 cm³/mol. The van der Waals surface area contributed by atoms with E-state index in [2.05, 4.69) is 10.1 Å². The van der Waals surface area contributed by atoms with Crippen molar-refractivity contribution >= 4 is 29.2 Å². The predicted octanol–water partition coefficient (Wildman–Crippen LogP) is 3.60. The molecular formula is C21H20F2N2O5. The van der Waals surface area contributed by atoms with Crippen molar-refractivity contribution in [3.63, 3.8) is 0 Å². The number of para-hydroxylation sites is 3. The van der Waals surface area contributed by atoms with E-state index in [9.17, 15) is 23.2 Å². The van der Waals surface area contributed by atoms with Gasteiger partial charge in [0, 0.05) is 0 Å². The van der Waals surface area contributed by atoms with E-state index >= 15 is 0 Å². The summed E-state index contributed by atoms with van der Waals surface area (Å²) in [6.07, 6.45) is -1.30. The Hall–Kier alpha value is -3.49. The first-order valence-electron chi connectivity index (χ1n) is 9.12. The molecule has 2 aromatic carbocycles. The molecule has 0 fully saturated rings. The minimum atomic E-state index is -3.12. The Morgan fingerprint density at radius 2 is 1.70 bits per heavy atom. The van der Waals surface area contributed by atoms with Crippen LogP contribution in [0, 0.1) is 0 Å². The fraction of sp³-hybridized carbons (Fsp3) is 0.286. The van der Waals surface area contributed by atoms with Gasteiger partial charge in [-0.2, -0.15) is 8.78 Å². The Labute approximate surface area is 171 Å².